The van der Waals surface area contributed by atoms with Crippen LogP contribution in [0, 0.1) is 0 Å². The maximum absolute atomic E-state index is 10.5. The third-order valence-corrected chi connectivity index (χ3v) is 2.07. The Morgan fingerprint density at radius 3 is 2.57 bits per heavy atom. The molecule has 0 heterocycles. The summed E-state index contributed by atoms with van der Waals surface area (Å²) in [7, 11) is 0. The van der Waals surface area contributed by atoms with Crippen molar-refractivity contribution in [2.24, 2.45) is 0 Å². The summed E-state index contributed by atoms with van der Waals surface area (Å²) in [6, 6.07) is 7.64. The summed E-state index contributed by atoms with van der Waals surface area (Å²) in [5.74, 6) is 0.0900. The summed E-state index contributed by atoms with van der Waals surface area (Å²) in [5.41, 5.74) is 0.417. The molecule has 0 fully saturated rings. The van der Waals surface area contributed by atoms with Gasteiger partial charge in [-0.05, 0) is 29.7 Å². The van der Waals surface area contributed by atoms with Crippen molar-refractivity contribution < 1.29 is 15.0 Å². The monoisotopic (exact) mass is 188 g/mol. The number of rotatable bonds is 1. The van der Waals surface area contributed by atoms with Gasteiger partial charge in [-0.25, -0.2) is 0 Å². The van der Waals surface area contributed by atoms with Crippen LogP contribution in [0.4, 0.5) is 0 Å². The molecule has 2 aromatic carbocycles. The van der Waals surface area contributed by atoms with E-state index in [-0.39, 0.29) is 11.5 Å². The number of hydrogen-bond acceptors (Lipinski definition) is 3. The summed E-state index contributed by atoms with van der Waals surface area (Å²) < 4.78 is 0. The zero-order valence-electron chi connectivity index (χ0n) is 7.27. The van der Waals surface area contributed by atoms with Crippen molar-refractivity contribution in [1.82, 2.24) is 0 Å². The van der Waals surface area contributed by atoms with Crippen LogP contribution in [0.15, 0.2) is 30.3 Å². The predicted octanol–water partition coefficient (Wildman–Crippen LogP) is 2.06. The van der Waals surface area contributed by atoms with Crippen LogP contribution < -0.4 is 0 Å². The van der Waals surface area contributed by atoms with E-state index in [2.05, 4.69) is 0 Å². The minimum Gasteiger partial charge on any atom is -0.508 e. The van der Waals surface area contributed by atoms with Crippen LogP contribution in [-0.4, -0.2) is 16.5 Å². The van der Waals surface area contributed by atoms with Gasteiger partial charge >= 0.3 is 0 Å². The maximum Gasteiger partial charge on any atom is 0.150 e. The Balaban J connectivity index is 2.82. The van der Waals surface area contributed by atoms with E-state index < -0.39 is 0 Å². The van der Waals surface area contributed by atoms with Crippen LogP contribution in [0.25, 0.3) is 10.8 Å². The highest BCUT2D eigenvalue weighted by atomic mass is 16.3. The third kappa shape index (κ3) is 1.29. The molecule has 0 spiro atoms. The second kappa shape index (κ2) is 3.03. The number of hydrogen-bond donors (Lipinski definition) is 2. The molecule has 0 amide bonds. The van der Waals surface area contributed by atoms with E-state index in [0.29, 0.717) is 17.2 Å². The van der Waals surface area contributed by atoms with Crippen LogP contribution in [0.2, 0.25) is 0 Å². The van der Waals surface area contributed by atoms with E-state index in [9.17, 15) is 15.0 Å². The highest BCUT2D eigenvalue weighted by Crippen LogP contribution is 2.28. The summed E-state index contributed by atoms with van der Waals surface area (Å²) in [4.78, 5) is 10.5. The van der Waals surface area contributed by atoms with Gasteiger partial charge < -0.3 is 10.2 Å². The molecule has 0 bridgehead atoms. The number of aromatic hydroxyl groups is 2. The normalized spacial score (nSPS) is 10.3. The van der Waals surface area contributed by atoms with Gasteiger partial charge in [0.25, 0.3) is 0 Å². The van der Waals surface area contributed by atoms with E-state index in [1.165, 1.54) is 18.2 Å². The van der Waals surface area contributed by atoms with Crippen LogP contribution in [0.3, 0.4) is 0 Å². The maximum atomic E-state index is 10.5. The van der Waals surface area contributed by atoms with Crippen molar-refractivity contribution in [2.75, 3.05) is 0 Å². The van der Waals surface area contributed by atoms with Crippen molar-refractivity contribution in [3.05, 3.63) is 35.9 Å². The number of aldehydes is 1. The summed E-state index contributed by atoms with van der Waals surface area (Å²) in [5, 5.41) is 20.0. The fraction of sp³-hybridized carbons (Fsp3) is 0. The molecule has 0 aromatic heterocycles. The zero-order valence-corrected chi connectivity index (χ0v) is 7.27. The molecular weight excluding hydrogens is 180 g/mol. The van der Waals surface area contributed by atoms with Crippen LogP contribution >= 0.6 is 0 Å². The second-order valence-corrected chi connectivity index (χ2v) is 3.06. The standard InChI is InChI=1S/C11H8O3/c12-6-7-3-8-1-2-9(13)5-10(8)11(14)4-7/h1-6,13-14H. The molecule has 0 unspecified atom stereocenters. The van der Waals surface area contributed by atoms with Crippen molar-refractivity contribution in [3.8, 4) is 11.5 Å². The van der Waals surface area contributed by atoms with Crippen molar-refractivity contribution in [3.63, 3.8) is 0 Å². The minimum absolute atomic E-state index is 0.000463. The van der Waals surface area contributed by atoms with Gasteiger partial charge in [-0.1, -0.05) is 6.07 Å². The molecule has 0 aliphatic rings. The Hall–Kier alpha value is -2.03. The van der Waals surface area contributed by atoms with Gasteiger partial charge in [0, 0.05) is 10.9 Å². The smallest absolute Gasteiger partial charge is 0.150 e. The molecule has 70 valence electrons. The molecule has 3 heteroatoms. The third-order valence-electron chi connectivity index (χ3n) is 2.07. The van der Waals surface area contributed by atoms with Crippen molar-refractivity contribution in [2.45, 2.75) is 0 Å². The zero-order chi connectivity index (χ0) is 10.1. The first kappa shape index (κ1) is 8.56. The Labute approximate surface area is 80.2 Å². The Kier molecular flexibility index (Phi) is 1.85. The fourth-order valence-electron chi connectivity index (χ4n) is 1.42. The van der Waals surface area contributed by atoms with Crippen LogP contribution in [-0.2, 0) is 0 Å². The molecule has 0 saturated heterocycles. The predicted molar refractivity (Wildman–Crippen MR) is 52.7 cm³/mol. The van der Waals surface area contributed by atoms with E-state index in [1.807, 2.05) is 0 Å². The largest absolute Gasteiger partial charge is 0.508 e. The Bertz CT molecular complexity index is 503. The lowest BCUT2D eigenvalue weighted by Crippen LogP contribution is -1.81. The highest BCUT2D eigenvalue weighted by Gasteiger charge is 2.03. The molecule has 3 nitrogen and oxygen atoms in total. The van der Waals surface area contributed by atoms with Gasteiger partial charge in [-0.3, -0.25) is 4.79 Å². The summed E-state index contributed by atoms with van der Waals surface area (Å²) in [6.07, 6.45) is 0.673. The number of benzene rings is 2. The molecular formula is C11H8O3. The van der Waals surface area contributed by atoms with Gasteiger partial charge in [0.1, 0.15) is 17.8 Å². The number of phenolic OH excluding ortho intramolecular Hbond substituents is 2. The molecule has 0 atom stereocenters. The number of carbonyl (C=O) groups is 1. The lowest BCUT2D eigenvalue weighted by molar-refractivity contribution is 0.112. The highest BCUT2D eigenvalue weighted by molar-refractivity contribution is 5.94. The second-order valence-electron chi connectivity index (χ2n) is 3.06. The molecule has 14 heavy (non-hydrogen) atoms. The molecule has 2 rings (SSSR count). The lowest BCUT2D eigenvalue weighted by atomic mass is 10.1. The van der Waals surface area contributed by atoms with Gasteiger partial charge in [0.05, 0.1) is 0 Å². The topological polar surface area (TPSA) is 57.5 Å². The molecule has 2 aromatic rings. The van der Waals surface area contributed by atoms with Crippen molar-refractivity contribution in [1.29, 1.82) is 0 Å². The lowest BCUT2D eigenvalue weighted by Gasteiger charge is -2.02. The average molecular weight is 188 g/mol. The quantitative estimate of drug-likeness (QED) is 0.673. The van der Waals surface area contributed by atoms with E-state index in [1.54, 1.807) is 12.1 Å². The molecule has 0 radical (unpaired) electrons. The number of fused-ring (bicyclic) bond motifs is 1. The summed E-state index contributed by atoms with van der Waals surface area (Å²) in [6.45, 7) is 0. The fourth-order valence-corrected chi connectivity index (χ4v) is 1.42. The van der Waals surface area contributed by atoms with Gasteiger partial charge in [-0.15, -0.1) is 0 Å². The minimum atomic E-state index is 0.000463. The first-order valence-electron chi connectivity index (χ1n) is 4.11. The van der Waals surface area contributed by atoms with E-state index in [4.69, 9.17) is 0 Å². The first-order chi connectivity index (χ1) is 6.70. The first-order valence-corrected chi connectivity index (χ1v) is 4.11. The average Bonchev–Trinajstić information content (AvgIpc) is 2.19. The molecule has 0 aliphatic carbocycles. The van der Waals surface area contributed by atoms with Gasteiger partial charge in [0.15, 0.2) is 0 Å². The molecule has 2 N–H and O–H groups in total. The molecule has 0 saturated carbocycles. The van der Waals surface area contributed by atoms with E-state index in [0.717, 1.165) is 5.39 Å². The molecule has 0 aliphatic heterocycles. The van der Waals surface area contributed by atoms with E-state index >= 15 is 0 Å². The number of phenols is 2. The summed E-state index contributed by atoms with van der Waals surface area (Å²) >= 11 is 0. The SMILES string of the molecule is O=Cc1cc(O)c2cc(O)ccc2c1. The van der Waals surface area contributed by atoms with Gasteiger partial charge in [0.2, 0.25) is 0 Å². The Morgan fingerprint density at radius 1 is 1.07 bits per heavy atom. The Morgan fingerprint density at radius 2 is 1.86 bits per heavy atom. The van der Waals surface area contributed by atoms with Crippen molar-refractivity contribution >= 4 is 17.1 Å². The number of carbonyl (C=O) groups excluding carboxylic acids is 1. The van der Waals surface area contributed by atoms with Gasteiger partial charge in [-0.2, -0.15) is 0 Å². The van der Waals surface area contributed by atoms with Crippen LogP contribution in [0.5, 0.6) is 11.5 Å². The van der Waals surface area contributed by atoms with Crippen LogP contribution in [0.1, 0.15) is 10.4 Å².